The minimum atomic E-state index is 0.550. The van der Waals surface area contributed by atoms with Gasteiger partial charge in [0.2, 0.25) is 0 Å². The fraction of sp³-hybridized carbons (Fsp3) is 0.235. The van der Waals surface area contributed by atoms with Crippen LogP contribution in [-0.2, 0) is 4.74 Å². The van der Waals surface area contributed by atoms with Crippen molar-refractivity contribution in [3.05, 3.63) is 47.8 Å². The highest BCUT2D eigenvalue weighted by molar-refractivity contribution is 5.66. The molecule has 0 aliphatic carbocycles. The van der Waals surface area contributed by atoms with Crippen molar-refractivity contribution in [2.45, 2.75) is 6.92 Å². The van der Waals surface area contributed by atoms with E-state index >= 15 is 0 Å². The van der Waals surface area contributed by atoms with Gasteiger partial charge in [-0.1, -0.05) is 0 Å². The van der Waals surface area contributed by atoms with E-state index in [2.05, 4.69) is 30.8 Å². The first-order chi connectivity index (χ1) is 12.2. The number of methoxy groups -OCH3 is 1. The van der Waals surface area contributed by atoms with Crippen molar-refractivity contribution in [3.8, 4) is 0 Å². The quantitative estimate of drug-likeness (QED) is 0.542. The number of H-pyrrole nitrogens is 1. The second-order valence-corrected chi connectivity index (χ2v) is 5.33. The van der Waals surface area contributed by atoms with Gasteiger partial charge < -0.3 is 19.8 Å². The van der Waals surface area contributed by atoms with Gasteiger partial charge in [-0.25, -0.2) is 9.97 Å². The lowest BCUT2D eigenvalue weighted by Gasteiger charge is -2.09. The third kappa shape index (κ3) is 4.92. The number of aryl methyl sites for hydroxylation is 1. The van der Waals surface area contributed by atoms with Crippen molar-refractivity contribution >= 4 is 29.6 Å². The van der Waals surface area contributed by atoms with Crippen LogP contribution < -0.4 is 10.6 Å². The van der Waals surface area contributed by atoms with Crippen molar-refractivity contribution < 1.29 is 9.15 Å². The van der Waals surface area contributed by atoms with Crippen molar-refractivity contribution in [2.24, 2.45) is 0 Å². The van der Waals surface area contributed by atoms with Crippen LogP contribution in [0.2, 0.25) is 0 Å². The summed E-state index contributed by atoms with van der Waals surface area (Å²) in [6, 6.07) is 7.42. The van der Waals surface area contributed by atoms with Gasteiger partial charge in [0.25, 0.3) is 0 Å². The molecule has 0 fully saturated rings. The highest BCUT2D eigenvalue weighted by Gasteiger charge is 2.05. The predicted octanol–water partition coefficient (Wildman–Crippen LogP) is 3.07. The molecule has 0 saturated heterocycles. The third-order valence-electron chi connectivity index (χ3n) is 3.26. The second kappa shape index (κ2) is 8.11. The van der Waals surface area contributed by atoms with Gasteiger partial charge in [-0.2, -0.15) is 5.10 Å². The van der Waals surface area contributed by atoms with E-state index in [-0.39, 0.29) is 0 Å². The largest absolute Gasteiger partial charge is 0.465 e. The minimum Gasteiger partial charge on any atom is -0.465 e. The minimum absolute atomic E-state index is 0.550. The number of nitrogens with zero attached hydrogens (tertiary/aromatic N) is 3. The molecule has 25 heavy (non-hydrogen) atoms. The summed E-state index contributed by atoms with van der Waals surface area (Å²) < 4.78 is 10.3. The smallest absolute Gasteiger partial charge is 0.156 e. The number of aromatic amines is 1. The Morgan fingerprint density at radius 1 is 1.20 bits per heavy atom. The molecule has 0 unspecified atom stereocenters. The van der Waals surface area contributed by atoms with Crippen LogP contribution >= 0.6 is 0 Å². The first kappa shape index (κ1) is 16.7. The van der Waals surface area contributed by atoms with Gasteiger partial charge >= 0.3 is 0 Å². The molecule has 0 radical (unpaired) electrons. The van der Waals surface area contributed by atoms with E-state index in [1.165, 1.54) is 0 Å². The number of rotatable bonds is 8. The van der Waals surface area contributed by atoms with Crippen LogP contribution in [0.1, 0.15) is 17.3 Å². The van der Waals surface area contributed by atoms with E-state index in [0.717, 1.165) is 11.5 Å². The van der Waals surface area contributed by atoms with Crippen LogP contribution in [0.3, 0.4) is 0 Å². The van der Waals surface area contributed by atoms with Crippen LogP contribution in [0, 0.1) is 6.92 Å². The molecule has 3 N–H and O–H groups in total. The fourth-order valence-corrected chi connectivity index (χ4v) is 2.13. The summed E-state index contributed by atoms with van der Waals surface area (Å²) in [5, 5.41) is 13.4. The van der Waals surface area contributed by atoms with Gasteiger partial charge in [-0.3, -0.25) is 5.10 Å². The van der Waals surface area contributed by atoms with Crippen LogP contribution in [0.5, 0.6) is 0 Å². The van der Waals surface area contributed by atoms with Gasteiger partial charge in [0.1, 0.15) is 17.4 Å². The Hall–Kier alpha value is -3.13. The molecular weight excluding hydrogens is 320 g/mol. The molecular formula is C17H20N6O2. The number of furan rings is 1. The predicted molar refractivity (Wildman–Crippen MR) is 96.6 cm³/mol. The Kier molecular flexibility index (Phi) is 5.43. The molecule has 0 saturated carbocycles. The van der Waals surface area contributed by atoms with E-state index in [1.807, 2.05) is 37.3 Å². The van der Waals surface area contributed by atoms with Crippen molar-refractivity contribution in [2.75, 3.05) is 30.9 Å². The molecule has 0 aliphatic heterocycles. The Balaban J connectivity index is 1.82. The lowest BCUT2D eigenvalue weighted by atomic mass is 10.3. The van der Waals surface area contributed by atoms with E-state index in [4.69, 9.17) is 9.15 Å². The monoisotopic (exact) mass is 340 g/mol. The maximum absolute atomic E-state index is 5.29. The van der Waals surface area contributed by atoms with E-state index in [1.54, 1.807) is 19.4 Å². The van der Waals surface area contributed by atoms with E-state index in [0.29, 0.717) is 36.4 Å². The van der Waals surface area contributed by atoms with Crippen LogP contribution in [0.4, 0.5) is 17.5 Å². The summed E-state index contributed by atoms with van der Waals surface area (Å²) in [4.78, 5) is 8.97. The number of anilines is 3. The van der Waals surface area contributed by atoms with Gasteiger partial charge in [0.15, 0.2) is 11.6 Å². The molecule has 8 nitrogen and oxygen atoms in total. The lowest BCUT2D eigenvalue weighted by molar-refractivity contribution is 0.210. The highest BCUT2D eigenvalue weighted by atomic mass is 16.5. The summed E-state index contributed by atoms with van der Waals surface area (Å²) in [7, 11) is 1.66. The van der Waals surface area contributed by atoms with Crippen molar-refractivity contribution in [3.63, 3.8) is 0 Å². The van der Waals surface area contributed by atoms with Gasteiger partial charge in [-0.15, -0.1) is 0 Å². The Morgan fingerprint density at radius 3 is 2.80 bits per heavy atom. The number of hydrogen-bond donors (Lipinski definition) is 3. The summed E-state index contributed by atoms with van der Waals surface area (Å²) in [5.74, 6) is 3.31. The van der Waals surface area contributed by atoms with Crippen molar-refractivity contribution in [1.29, 1.82) is 0 Å². The molecule has 3 heterocycles. The number of nitrogens with one attached hydrogen (secondary N) is 3. The summed E-state index contributed by atoms with van der Waals surface area (Å²) in [6.45, 7) is 3.17. The Morgan fingerprint density at radius 2 is 2.08 bits per heavy atom. The van der Waals surface area contributed by atoms with Gasteiger partial charge in [0, 0.05) is 31.5 Å². The summed E-state index contributed by atoms with van der Waals surface area (Å²) in [6.07, 6.45) is 5.23. The standard InChI is InChI=1S/C17H20N6O2/c1-12-10-17(23-22-12)21-16-11-15(18-7-9-24-2)19-14(20-16)6-5-13-4-3-8-25-13/h3-6,8,10-11H,7,9H2,1-2H3,(H3,18,19,20,21,22,23)/b6-5+. The zero-order valence-electron chi connectivity index (χ0n) is 14.1. The van der Waals surface area contributed by atoms with E-state index in [9.17, 15) is 0 Å². The first-order valence-electron chi connectivity index (χ1n) is 7.85. The Bertz CT molecular complexity index is 826. The van der Waals surface area contributed by atoms with Crippen LogP contribution in [-0.4, -0.2) is 40.4 Å². The molecule has 0 aliphatic rings. The molecule has 8 heteroatoms. The number of aromatic nitrogens is 4. The zero-order valence-corrected chi connectivity index (χ0v) is 14.1. The molecule has 3 rings (SSSR count). The first-order valence-corrected chi connectivity index (χ1v) is 7.85. The topological polar surface area (TPSA) is 101 Å². The second-order valence-electron chi connectivity index (χ2n) is 5.33. The average Bonchev–Trinajstić information content (AvgIpc) is 3.25. The number of hydrogen-bond acceptors (Lipinski definition) is 7. The third-order valence-corrected chi connectivity index (χ3v) is 3.26. The van der Waals surface area contributed by atoms with E-state index < -0.39 is 0 Å². The molecule has 3 aromatic heterocycles. The van der Waals surface area contributed by atoms with Gasteiger partial charge in [-0.05, 0) is 31.2 Å². The molecule has 0 aromatic carbocycles. The molecule has 0 bridgehead atoms. The number of ether oxygens (including phenoxy) is 1. The molecule has 3 aromatic rings. The maximum Gasteiger partial charge on any atom is 0.156 e. The van der Waals surface area contributed by atoms with Gasteiger partial charge in [0.05, 0.1) is 12.9 Å². The molecule has 0 amide bonds. The lowest BCUT2D eigenvalue weighted by Crippen LogP contribution is -2.10. The molecule has 0 atom stereocenters. The zero-order chi connectivity index (χ0) is 17.5. The average molecular weight is 340 g/mol. The maximum atomic E-state index is 5.29. The Labute approximate surface area is 145 Å². The molecule has 0 spiro atoms. The van der Waals surface area contributed by atoms with Crippen molar-refractivity contribution in [1.82, 2.24) is 20.2 Å². The SMILES string of the molecule is COCCNc1cc(Nc2cc(C)[nH]n2)nc(/C=C/c2ccco2)n1. The van der Waals surface area contributed by atoms with Crippen LogP contribution in [0.15, 0.2) is 34.9 Å². The summed E-state index contributed by atoms with van der Waals surface area (Å²) in [5.41, 5.74) is 0.966. The normalized spacial score (nSPS) is 11.1. The summed E-state index contributed by atoms with van der Waals surface area (Å²) >= 11 is 0. The van der Waals surface area contributed by atoms with Crippen LogP contribution in [0.25, 0.3) is 12.2 Å². The highest BCUT2D eigenvalue weighted by Crippen LogP contribution is 2.17. The molecule has 130 valence electrons. The fourth-order valence-electron chi connectivity index (χ4n) is 2.13.